The lowest BCUT2D eigenvalue weighted by Gasteiger charge is -2.20. The maximum Gasteiger partial charge on any atom is 0.244 e. The number of alkyl halides is 1. The summed E-state index contributed by atoms with van der Waals surface area (Å²) in [5.74, 6) is 1.00. The molecule has 4 nitrogen and oxygen atoms in total. The molecule has 1 heterocycles. The highest BCUT2D eigenvalue weighted by atomic mass is 79.9. The number of amides is 1. The Labute approximate surface area is 125 Å². The number of fused-ring (bicyclic) bond motifs is 1. The van der Waals surface area contributed by atoms with E-state index in [1.807, 2.05) is 29.7 Å². The Morgan fingerprint density at radius 1 is 1.53 bits per heavy atom. The van der Waals surface area contributed by atoms with Crippen molar-refractivity contribution in [2.75, 3.05) is 14.1 Å². The van der Waals surface area contributed by atoms with Gasteiger partial charge in [0, 0.05) is 18.6 Å². The lowest BCUT2D eigenvalue weighted by molar-refractivity contribution is -0.131. The van der Waals surface area contributed by atoms with Crippen LogP contribution in [0.3, 0.4) is 0 Å². The summed E-state index contributed by atoms with van der Waals surface area (Å²) in [6, 6.07) is 5.47. The van der Waals surface area contributed by atoms with E-state index in [-0.39, 0.29) is 17.8 Å². The lowest BCUT2D eigenvalue weighted by Crippen LogP contribution is -2.30. The van der Waals surface area contributed by atoms with Gasteiger partial charge in [-0.3, -0.25) is 4.79 Å². The summed E-state index contributed by atoms with van der Waals surface area (Å²) in [7, 11) is 3.49. The predicted molar refractivity (Wildman–Crippen MR) is 80.4 cm³/mol. The van der Waals surface area contributed by atoms with E-state index in [0.717, 1.165) is 15.5 Å². The van der Waals surface area contributed by atoms with Gasteiger partial charge >= 0.3 is 0 Å². The molecule has 0 saturated heterocycles. The van der Waals surface area contributed by atoms with Gasteiger partial charge in [0.1, 0.15) is 11.9 Å². The minimum Gasteiger partial charge on any atom is -0.347 e. The zero-order valence-electron chi connectivity index (χ0n) is 11.0. The van der Waals surface area contributed by atoms with Crippen molar-refractivity contribution in [1.82, 2.24) is 14.5 Å². The second-order valence-electron chi connectivity index (χ2n) is 4.57. The first kappa shape index (κ1) is 14.3. The number of benzene rings is 1. The maximum atomic E-state index is 12.2. The summed E-state index contributed by atoms with van der Waals surface area (Å²) in [4.78, 5) is 18.2. The minimum absolute atomic E-state index is 0.0191. The van der Waals surface area contributed by atoms with Crippen molar-refractivity contribution in [3.63, 3.8) is 0 Å². The second kappa shape index (κ2) is 5.51. The molecule has 19 heavy (non-hydrogen) atoms. The number of aromatic nitrogens is 2. The number of hydrogen-bond donors (Lipinski definition) is 0. The van der Waals surface area contributed by atoms with Gasteiger partial charge in [-0.1, -0.05) is 15.9 Å². The first-order valence-electron chi connectivity index (χ1n) is 5.89. The van der Waals surface area contributed by atoms with Gasteiger partial charge in [-0.15, -0.1) is 11.6 Å². The number of hydrogen-bond acceptors (Lipinski definition) is 2. The van der Waals surface area contributed by atoms with Crippen molar-refractivity contribution in [2.45, 2.75) is 18.8 Å². The summed E-state index contributed by atoms with van der Waals surface area (Å²) in [6.45, 7) is 1.86. The Kier molecular flexibility index (Phi) is 4.16. The number of imidazole rings is 1. The summed E-state index contributed by atoms with van der Waals surface area (Å²) in [5.41, 5.74) is 1.75. The Morgan fingerprint density at radius 2 is 2.21 bits per heavy atom. The first-order valence-corrected chi connectivity index (χ1v) is 7.22. The van der Waals surface area contributed by atoms with E-state index in [4.69, 9.17) is 11.6 Å². The van der Waals surface area contributed by atoms with Crippen LogP contribution in [0.15, 0.2) is 22.7 Å². The number of carbonyl (C=O) groups is 1. The molecular weight excluding hydrogens is 330 g/mol. The van der Waals surface area contributed by atoms with Gasteiger partial charge in [0.15, 0.2) is 0 Å². The van der Waals surface area contributed by atoms with Crippen LogP contribution in [0.5, 0.6) is 0 Å². The maximum absolute atomic E-state index is 12.2. The number of likely N-dealkylation sites (N-methyl/N-ethyl adjacent to an activating group) is 1. The fourth-order valence-corrected chi connectivity index (χ4v) is 2.66. The van der Waals surface area contributed by atoms with Crippen LogP contribution in [-0.4, -0.2) is 34.5 Å². The van der Waals surface area contributed by atoms with Gasteiger partial charge in [-0.05, 0) is 25.1 Å². The van der Waals surface area contributed by atoms with Crippen LogP contribution in [0.2, 0.25) is 0 Å². The fraction of sp³-hybridized carbons (Fsp3) is 0.385. The lowest BCUT2D eigenvalue weighted by atomic mass is 10.2. The highest BCUT2D eigenvalue weighted by Crippen LogP contribution is 2.26. The van der Waals surface area contributed by atoms with Crippen LogP contribution >= 0.6 is 27.5 Å². The quantitative estimate of drug-likeness (QED) is 0.802. The van der Waals surface area contributed by atoms with Gasteiger partial charge in [0.25, 0.3) is 0 Å². The molecule has 0 N–H and O–H groups in total. The van der Waals surface area contributed by atoms with E-state index in [0.29, 0.717) is 5.82 Å². The second-order valence-corrected chi connectivity index (χ2v) is 5.76. The van der Waals surface area contributed by atoms with E-state index in [9.17, 15) is 4.79 Å². The van der Waals surface area contributed by atoms with Crippen molar-refractivity contribution in [3.05, 3.63) is 28.5 Å². The van der Waals surface area contributed by atoms with E-state index >= 15 is 0 Å². The van der Waals surface area contributed by atoms with Gasteiger partial charge in [0.2, 0.25) is 5.91 Å². The average molecular weight is 345 g/mol. The minimum atomic E-state index is -0.331. The van der Waals surface area contributed by atoms with Crippen LogP contribution in [0, 0.1) is 0 Å². The number of rotatable bonds is 3. The Bertz CT molecular complexity index is 624. The van der Waals surface area contributed by atoms with Gasteiger partial charge in [-0.2, -0.15) is 0 Å². The standard InChI is InChI=1S/C13H15BrClN3O/c1-8(13(19)17(2)3)18-11-6-9(14)4-5-10(11)16-12(18)7-15/h4-6,8H,7H2,1-3H3. The molecule has 0 aliphatic heterocycles. The summed E-state index contributed by atoms with van der Waals surface area (Å²) < 4.78 is 2.85. The first-order chi connectivity index (χ1) is 8.95. The van der Waals surface area contributed by atoms with Gasteiger partial charge in [0.05, 0.1) is 16.9 Å². The van der Waals surface area contributed by atoms with Crippen LogP contribution in [0.4, 0.5) is 0 Å². The van der Waals surface area contributed by atoms with Crippen LogP contribution in [0.25, 0.3) is 11.0 Å². The zero-order chi connectivity index (χ0) is 14.2. The molecule has 0 bridgehead atoms. The van der Waals surface area contributed by atoms with E-state index in [1.165, 1.54) is 0 Å². The smallest absolute Gasteiger partial charge is 0.244 e. The van der Waals surface area contributed by atoms with Crippen molar-refractivity contribution in [1.29, 1.82) is 0 Å². The average Bonchev–Trinajstić information content (AvgIpc) is 2.74. The molecular formula is C13H15BrClN3O. The molecule has 102 valence electrons. The normalized spacial score (nSPS) is 12.7. The topological polar surface area (TPSA) is 38.1 Å². The molecule has 6 heteroatoms. The molecule has 2 rings (SSSR count). The van der Waals surface area contributed by atoms with Gasteiger partial charge < -0.3 is 9.47 Å². The largest absolute Gasteiger partial charge is 0.347 e. The Hall–Kier alpha value is -1.07. The molecule has 1 amide bonds. The third-order valence-electron chi connectivity index (χ3n) is 3.03. The predicted octanol–water partition coefficient (Wildman–Crippen LogP) is 3.19. The SMILES string of the molecule is CC(C(=O)N(C)C)n1c(CCl)nc2ccc(Br)cc21. The molecule has 1 aromatic carbocycles. The molecule has 0 fully saturated rings. The molecule has 1 unspecified atom stereocenters. The highest BCUT2D eigenvalue weighted by molar-refractivity contribution is 9.10. The van der Waals surface area contributed by atoms with Crippen LogP contribution in [0.1, 0.15) is 18.8 Å². The van der Waals surface area contributed by atoms with Crippen molar-refractivity contribution in [3.8, 4) is 0 Å². The molecule has 0 spiro atoms. The summed E-state index contributed by atoms with van der Waals surface area (Å²) >= 11 is 9.40. The molecule has 1 aromatic heterocycles. The number of carbonyl (C=O) groups excluding carboxylic acids is 1. The summed E-state index contributed by atoms with van der Waals surface area (Å²) in [6.07, 6.45) is 0. The third-order valence-corrected chi connectivity index (χ3v) is 3.76. The van der Waals surface area contributed by atoms with Crippen LogP contribution in [-0.2, 0) is 10.7 Å². The van der Waals surface area contributed by atoms with E-state index in [2.05, 4.69) is 20.9 Å². The van der Waals surface area contributed by atoms with Gasteiger partial charge in [-0.25, -0.2) is 4.98 Å². The highest BCUT2D eigenvalue weighted by Gasteiger charge is 2.22. The van der Waals surface area contributed by atoms with Crippen molar-refractivity contribution >= 4 is 44.5 Å². The molecule has 2 aromatic rings. The Morgan fingerprint density at radius 3 is 2.79 bits per heavy atom. The molecule has 1 atom stereocenters. The third kappa shape index (κ3) is 2.62. The zero-order valence-corrected chi connectivity index (χ0v) is 13.4. The van der Waals surface area contributed by atoms with Crippen molar-refractivity contribution < 1.29 is 4.79 Å². The Balaban J connectivity index is 2.62. The van der Waals surface area contributed by atoms with Crippen molar-refractivity contribution in [2.24, 2.45) is 0 Å². The monoisotopic (exact) mass is 343 g/mol. The number of nitrogens with zero attached hydrogens (tertiary/aromatic N) is 3. The van der Waals surface area contributed by atoms with E-state index < -0.39 is 0 Å². The fourth-order valence-electron chi connectivity index (χ4n) is 2.13. The molecule has 0 radical (unpaired) electrons. The summed E-state index contributed by atoms with van der Waals surface area (Å²) in [5, 5.41) is 0. The van der Waals surface area contributed by atoms with Crippen LogP contribution < -0.4 is 0 Å². The molecule has 0 saturated carbocycles. The molecule has 0 aliphatic rings. The van der Waals surface area contributed by atoms with E-state index in [1.54, 1.807) is 19.0 Å². The number of halogens is 2. The molecule has 0 aliphatic carbocycles.